The maximum absolute atomic E-state index is 12.9. The maximum Gasteiger partial charge on any atom is 0.124 e. The fraction of sp³-hybridized carbons (Fsp3) is 0.500. The number of hydrogen-bond donors (Lipinski definition) is 0. The Hall–Kier alpha value is -0.120. The second-order valence-corrected chi connectivity index (χ2v) is 5.33. The molecule has 0 N–H and O–H groups in total. The third-order valence-corrected chi connectivity index (χ3v) is 3.53. The van der Waals surface area contributed by atoms with Crippen LogP contribution in [0, 0.1) is 5.82 Å². The van der Waals surface area contributed by atoms with Crippen LogP contribution >= 0.6 is 27.5 Å². The monoisotopic (exact) mass is 305 g/mol. The molecule has 0 atom stereocenters. The minimum absolute atomic E-state index is 0.271. The van der Waals surface area contributed by atoms with E-state index < -0.39 is 0 Å². The van der Waals surface area contributed by atoms with Gasteiger partial charge in [-0.15, -0.1) is 0 Å². The number of rotatable bonds is 5. The normalized spacial score (nSPS) is 15.8. The number of halogens is 3. The molecule has 1 aromatic carbocycles. The average molecular weight is 307 g/mol. The van der Waals surface area contributed by atoms with Crippen molar-refractivity contribution < 1.29 is 4.39 Å². The zero-order valence-corrected chi connectivity index (χ0v) is 11.3. The zero-order chi connectivity index (χ0) is 11.5. The molecule has 16 heavy (non-hydrogen) atoms. The van der Waals surface area contributed by atoms with E-state index in [1.54, 1.807) is 6.07 Å². The van der Waals surface area contributed by atoms with Crippen molar-refractivity contribution in [3.63, 3.8) is 0 Å². The lowest BCUT2D eigenvalue weighted by molar-refractivity contribution is 0.272. The highest BCUT2D eigenvalue weighted by Crippen LogP contribution is 2.29. The molecular formula is C12H14BrClFN. The summed E-state index contributed by atoms with van der Waals surface area (Å²) in [5, 5.41) is 1.49. The zero-order valence-electron chi connectivity index (χ0n) is 8.93. The first-order chi connectivity index (χ1) is 7.70. The van der Waals surface area contributed by atoms with Crippen LogP contribution in [0.5, 0.6) is 0 Å². The van der Waals surface area contributed by atoms with Gasteiger partial charge < -0.3 is 0 Å². The Labute approximate surface area is 109 Å². The SMILES string of the molecule is Fc1ccc(CN(CCBr)C2CC2)c(Cl)c1. The van der Waals surface area contributed by atoms with Gasteiger partial charge in [0.15, 0.2) is 0 Å². The van der Waals surface area contributed by atoms with Crippen molar-refractivity contribution in [2.45, 2.75) is 25.4 Å². The molecular weight excluding hydrogens is 292 g/mol. The molecule has 1 aromatic rings. The molecule has 0 bridgehead atoms. The number of alkyl halides is 1. The molecule has 0 amide bonds. The van der Waals surface area contributed by atoms with Crippen LogP contribution in [0.4, 0.5) is 4.39 Å². The summed E-state index contributed by atoms with van der Waals surface area (Å²) in [6.45, 7) is 1.83. The molecule has 1 aliphatic rings. The molecule has 0 spiro atoms. The van der Waals surface area contributed by atoms with Crippen LogP contribution in [-0.4, -0.2) is 22.8 Å². The van der Waals surface area contributed by atoms with E-state index in [0.717, 1.165) is 24.0 Å². The molecule has 1 saturated carbocycles. The van der Waals surface area contributed by atoms with E-state index in [1.165, 1.54) is 25.0 Å². The molecule has 88 valence electrons. The van der Waals surface area contributed by atoms with Crippen molar-refractivity contribution in [1.29, 1.82) is 0 Å². The van der Waals surface area contributed by atoms with Crippen LogP contribution in [0.3, 0.4) is 0 Å². The highest BCUT2D eigenvalue weighted by Gasteiger charge is 2.28. The molecule has 0 aliphatic heterocycles. The molecule has 0 aromatic heterocycles. The first-order valence-corrected chi connectivity index (χ1v) is 6.94. The van der Waals surface area contributed by atoms with E-state index in [2.05, 4.69) is 20.8 Å². The topological polar surface area (TPSA) is 3.24 Å². The summed E-state index contributed by atoms with van der Waals surface area (Å²) in [7, 11) is 0. The molecule has 4 heteroatoms. The second-order valence-electron chi connectivity index (χ2n) is 4.13. The van der Waals surface area contributed by atoms with E-state index in [-0.39, 0.29) is 5.82 Å². The fourth-order valence-corrected chi connectivity index (χ4v) is 2.49. The minimum Gasteiger partial charge on any atom is -0.295 e. The highest BCUT2D eigenvalue weighted by atomic mass is 79.9. The summed E-state index contributed by atoms with van der Waals surface area (Å²) < 4.78 is 12.9. The van der Waals surface area contributed by atoms with Crippen LogP contribution in [-0.2, 0) is 6.54 Å². The summed E-state index contributed by atoms with van der Waals surface area (Å²) in [6.07, 6.45) is 2.54. The van der Waals surface area contributed by atoms with E-state index in [9.17, 15) is 4.39 Å². The quantitative estimate of drug-likeness (QED) is 0.747. The lowest BCUT2D eigenvalue weighted by atomic mass is 10.2. The van der Waals surface area contributed by atoms with Gasteiger partial charge in [0.25, 0.3) is 0 Å². The Morgan fingerprint density at radius 1 is 1.44 bits per heavy atom. The van der Waals surface area contributed by atoms with E-state index >= 15 is 0 Å². The second kappa shape index (κ2) is 5.48. The molecule has 1 fully saturated rings. The Kier molecular flexibility index (Phi) is 4.22. The summed E-state index contributed by atoms with van der Waals surface area (Å²) in [6, 6.07) is 5.33. The predicted molar refractivity (Wildman–Crippen MR) is 68.6 cm³/mol. The summed E-state index contributed by atoms with van der Waals surface area (Å²) in [5.74, 6) is -0.271. The number of hydrogen-bond acceptors (Lipinski definition) is 1. The number of benzene rings is 1. The Morgan fingerprint density at radius 2 is 2.19 bits per heavy atom. The molecule has 0 radical (unpaired) electrons. The summed E-state index contributed by atoms with van der Waals surface area (Å²) in [5.41, 5.74) is 1.01. The van der Waals surface area contributed by atoms with Gasteiger partial charge in [-0.25, -0.2) is 4.39 Å². The Bertz CT molecular complexity index is 368. The molecule has 0 saturated heterocycles. The molecule has 2 rings (SSSR count). The van der Waals surface area contributed by atoms with Gasteiger partial charge in [-0.05, 0) is 30.5 Å². The molecule has 1 nitrogen and oxygen atoms in total. The van der Waals surface area contributed by atoms with Crippen LogP contribution in [0.15, 0.2) is 18.2 Å². The minimum atomic E-state index is -0.271. The van der Waals surface area contributed by atoms with Crippen molar-refractivity contribution in [2.75, 3.05) is 11.9 Å². The van der Waals surface area contributed by atoms with Crippen molar-refractivity contribution in [3.8, 4) is 0 Å². The Balaban J connectivity index is 2.05. The lowest BCUT2D eigenvalue weighted by Gasteiger charge is -2.21. The smallest absolute Gasteiger partial charge is 0.124 e. The van der Waals surface area contributed by atoms with Crippen molar-refractivity contribution in [3.05, 3.63) is 34.6 Å². The average Bonchev–Trinajstić information content (AvgIpc) is 3.04. The first-order valence-electron chi connectivity index (χ1n) is 5.44. The van der Waals surface area contributed by atoms with Crippen LogP contribution in [0.1, 0.15) is 18.4 Å². The fourth-order valence-electron chi connectivity index (χ4n) is 1.81. The van der Waals surface area contributed by atoms with Gasteiger partial charge in [-0.1, -0.05) is 33.6 Å². The molecule has 0 unspecified atom stereocenters. The third-order valence-electron chi connectivity index (χ3n) is 2.82. The van der Waals surface area contributed by atoms with Crippen molar-refractivity contribution in [1.82, 2.24) is 4.90 Å². The van der Waals surface area contributed by atoms with Crippen molar-refractivity contribution in [2.24, 2.45) is 0 Å². The summed E-state index contributed by atoms with van der Waals surface area (Å²) in [4.78, 5) is 2.40. The van der Waals surface area contributed by atoms with Crippen LogP contribution in [0.25, 0.3) is 0 Å². The largest absolute Gasteiger partial charge is 0.295 e. The Morgan fingerprint density at radius 3 is 2.75 bits per heavy atom. The lowest BCUT2D eigenvalue weighted by Crippen LogP contribution is -2.27. The van der Waals surface area contributed by atoms with E-state index in [0.29, 0.717) is 11.1 Å². The maximum atomic E-state index is 12.9. The van der Waals surface area contributed by atoms with Gasteiger partial charge in [0.1, 0.15) is 5.82 Å². The number of nitrogens with zero attached hydrogens (tertiary/aromatic N) is 1. The standard InChI is InChI=1S/C12H14BrClFN/c13-5-6-16(11-3-4-11)8-9-1-2-10(15)7-12(9)14/h1-2,7,11H,3-6,8H2. The molecule has 1 aliphatic carbocycles. The highest BCUT2D eigenvalue weighted by molar-refractivity contribution is 9.09. The summed E-state index contributed by atoms with van der Waals surface area (Å²) >= 11 is 9.48. The van der Waals surface area contributed by atoms with Gasteiger partial charge in [0.05, 0.1) is 0 Å². The first kappa shape index (κ1) is 12.3. The van der Waals surface area contributed by atoms with Crippen LogP contribution < -0.4 is 0 Å². The van der Waals surface area contributed by atoms with E-state index in [1.807, 2.05) is 0 Å². The van der Waals surface area contributed by atoms with Gasteiger partial charge in [0.2, 0.25) is 0 Å². The van der Waals surface area contributed by atoms with E-state index in [4.69, 9.17) is 11.6 Å². The van der Waals surface area contributed by atoms with Gasteiger partial charge in [0, 0.05) is 29.5 Å². The predicted octanol–water partition coefficient (Wildman–Crippen LogP) is 3.84. The van der Waals surface area contributed by atoms with Gasteiger partial charge in [-0.2, -0.15) is 0 Å². The van der Waals surface area contributed by atoms with Gasteiger partial charge >= 0.3 is 0 Å². The van der Waals surface area contributed by atoms with Crippen LogP contribution in [0.2, 0.25) is 5.02 Å². The van der Waals surface area contributed by atoms with Crippen molar-refractivity contribution >= 4 is 27.5 Å². The third kappa shape index (κ3) is 3.19. The molecule has 0 heterocycles. The van der Waals surface area contributed by atoms with Gasteiger partial charge in [-0.3, -0.25) is 4.90 Å².